The van der Waals surface area contributed by atoms with Crippen LogP contribution in [0.3, 0.4) is 0 Å². The van der Waals surface area contributed by atoms with E-state index in [1.54, 1.807) is 0 Å². The van der Waals surface area contributed by atoms with Gasteiger partial charge < -0.3 is 10.1 Å². The lowest BCUT2D eigenvalue weighted by Crippen LogP contribution is -2.55. The molecule has 2 heteroatoms. The van der Waals surface area contributed by atoms with E-state index in [9.17, 15) is 0 Å². The van der Waals surface area contributed by atoms with Crippen molar-refractivity contribution in [3.05, 3.63) is 0 Å². The van der Waals surface area contributed by atoms with Gasteiger partial charge in [-0.15, -0.1) is 0 Å². The lowest BCUT2D eigenvalue weighted by Gasteiger charge is -2.49. The largest absolute Gasteiger partial charge is 0.372 e. The highest BCUT2D eigenvalue weighted by Gasteiger charge is 2.44. The Morgan fingerprint density at radius 1 is 1.29 bits per heavy atom. The van der Waals surface area contributed by atoms with Crippen molar-refractivity contribution >= 4 is 0 Å². The van der Waals surface area contributed by atoms with Crippen molar-refractivity contribution in [2.75, 3.05) is 19.7 Å². The van der Waals surface area contributed by atoms with Gasteiger partial charge in [0.05, 0.1) is 12.2 Å². The first-order valence-corrected chi connectivity index (χ1v) is 5.86. The lowest BCUT2D eigenvalue weighted by atomic mass is 9.65. The van der Waals surface area contributed by atoms with Gasteiger partial charge in [-0.25, -0.2) is 0 Å². The van der Waals surface area contributed by atoms with E-state index >= 15 is 0 Å². The molecule has 0 amide bonds. The standard InChI is InChI=1S/C12H23NO/c1-10-6-11(2,3)8-12(7-10)9-13-4-5-14-12/h10,13H,4-9H2,1-3H3. The van der Waals surface area contributed by atoms with Crippen LogP contribution >= 0.6 is 0 Å². The number of hydrogen-bond donors (Lipinski definition) is 1. The number of hydrogen-bond acceptors (Lipinski definition) is 2. The van der Waals surface area contributed by atoms with Gasteiger partial charge in [-0.3, -0.25) is 0 Å². The van der Waals surface area contributed by atoms with Crippen LogP contribution < -0.4 is 5.32 Å². The summed E-state index contributed by atoms with van der Waals surface area (Å²) in [5, 5.41) is 3.48. The summed E-state index contributed by atoms with van der Waals surface area (Å²) in [5.41, 5.74) is 0.607. The number of ether oxygens (including phenoxy) is 1. The van der Waals surface area contributed by atoms with Crippen molar-refractivity contribution in [3.8, 4) is 0 Å². The van der Waals surface area contributed by atoms with Crippen LogP contribution in [0.15, 0.2) is 0 Å². The minimum atomic E-state index is 0.152. The van der Waals surface area contributed by atoms with Crippen LogP contribution in [0.25, 0.3) is 0 Å². The van der Waals surface area contributed by atoms with Crippen molar-refractivity contribution in [3.63, 3.8) is 0 Å². The smallest absolute Gasteiger partial charge is 0.0814 e. The van der Waals surface area contributed by atoms with Crippen LogP contribution in [0, 0.1) is 11.3 Å². The Morgan fingerprint density at radius 3 is 2.64 bits per heavy atom. The first-order valence-electron chi connectivity index (χ1n) is 5.86. The third-order valence-corrected chi connectivity index (χ3v) is 3.56. The van der Waals surface area contributed by atoms with Crippen LogP contribution in [0.1, 0.15) is 40.0 Å². The highest BCUT2D eigenvalue weighted by molar-refractivity contribution is 4.97. The lowest BCUT2D eigenvalue weighted by molar-refractivity contribution is -0.125. The van der Waals surface area contributed by atoms with Crippen LogP contribution in [0.2, 0.25) is 0 Å². The van der Waals surface area contributed by atoms with Crippen LogP contribution in [0.5, 0.6) is 0 Å². The molecule has 1 N–H and O–H groups in total. The zero-order valence-electron chi connectivity index (χ0n) is 9.73. The summed E-state index contributed by atoms with van der Waals surface area (Å²) in [6.45, 7) is 10.1. The van der Waals surface area contributed by atoms with Crippen LogP contribution in [-0.2, 0) is 4.74 Å². The Labute approximate surface area is 87.4 Å². The minimum Gasteiger partial charge on any atom is -0.372 e. The van der Waals surface area contributed by atoms with Gasteiger partial charge in [0.2, 0.25) is 0 Å². The fraction of sp³-hybridized carbons (Fsp3) is 1.00. The number of rotatable bonds is 0. The van der Waals surface area contributed by atoms with Crippen molar-refractivity contribution in [2.45, 2.75) is 45.6 Å². The minimum absolute atomic E-state index is 0.152. The molecule has 2 unspecified atom stereocenters. The molecule has 0 aromatic heterocycles. The van der Waals surface area contributed by atoms with E-state index in [2.05, 4.69) is 26.1 Å². The quantitative estimate of drug-likeness (QED) is 0.643. The Kier molecular flexibility index (Phi) is 2.61. The van der Waals surface area contributed by atoms with E-state index < -0.39 is 0 Å². The molecule has 1 saturated heterocycles. The zero-order valence-corrected chi connectivity index (χ0v) is 9.73. The molecule has 2 rings (SSSR count). The molecule has 2 aliphatic rings. The van der Waals surface area contributed by atoms with Gasteiger partial charge in [0.1, 0.15) is 0 Å². The highest BCUT2D eigenvalue weighted by atomic mass is 16.5. The number of morpholine rings is 1. The fourth-order valence-corrected chi connectivity index (χ4v) is 3.62. The molecular weight excluding hydrogens is 174 g/mol. The molecule has 1 spiro atoms. The Balaban J connectivity index is 2.10. The molecule has 1 saturated carbocycles. The van der Waals surface area contributed by atoms with Gasteiger partial charge in [0.15, 0.2) is 0 Å². The van der Waals surface area contributed by atoms with Gasteiger partial charge in [-0.05, 0) is 30.6 Å². The van der Waals surface area contributed by atoms with E-state index in [0.717, 1.165) is 25.6 Å². The molecule has 14 heavy (non-hydrogen) atoms. The summed E-state index contributed by atoms with van der Waals surface area (Å²) in [6, 6.07) is 0. The van der Waals surface area contributed by atoms with Gasteiger partial charge in [-0.1, -0.05) is 20.8 Å². The molecule has 1 heterocycles. The monoisotopic (exact) mass is 197 g/mol. The second-order valence-electron chi connectivity index (χ2n) is 6.06. The molecule has 1 aliphatic heterocycles. The Bertz CT molecular complexity index is 206. The topological polar surface area (TPSA) is 21.3 Å². The van der Waals surface area contributed by atoms with E-state index in [0.29, 0.717) is 5.41 Å². The average Bonchev–Trinajstić information content (AvgIpc) is 2.00. The van der Waals surface area contributed by atoms with Gasteiger partial charge >= 0.3 is 0 Å². The second kappa shape index (κ2) is 3.49. The molecule has 0 radical (unpaired) electrons. The highest BCUT2D eigenvalue weighted by Crippen LogP contribution is 2.45. The number of nitrogens with one attached hydrogen (secondary N) is 1. The van der Waals surface area contributed by atoms with Crippen molar-refractivity contribution < 1.29 is 4.74 Å². The maximum atomic E-state index is 6.05. The molecular formula is C12H23NO. The van der Waals surface area contributed by atoms with Gasteiger partial charge in [0, 0.05) is 13.1 Å². The molecule has 2 fully saturated rings. The average molecular weight is 197 g/mol. The van der Waals surface area contributed by atoms with Crippen LogP contribution in [0.4, 0.5) is 0 Å². The maximum Gasteiger partial charge on any atom is 0.0814 e. The van der Waals surface area contributed by atoms with E-state index in [1.807, 2.05) is 0 Å². The zero-order chi connectivity index (χ0) is 10.2. The predicted molar refractivity (Wildman–Crippen MR) is 58.3 cm³/mol. The van der Waals surface area contributed by atoms with E-state index in [-0.39, 0.29) is 5.60 Å². The van der Waals surface area contributed by atoms with Gasteiger partial charge in [0.25, 0.3) is 0 Å². The molecule has 82 valence electrons. The summed E-state index contributed by atoms with van der Waals surface area (Å²) in [6.07, 6.45) is 3.80. The van der Waals surface area contributed by atoms with Crippen molar-refractivity contribution in [1.82, 2.24) is 5.32 Å². The molecule has 2 nitrogen and oxygen atoms in total. The fourth-order valence-electron chi connectivity index (χ4n) is 3.62. The SMILES string of the molecule is CC1CC(C)(C)CC2(CNCCO2)C1. The first kappa shape index (κ1) is 10.4. The summed E-state index contributed by atoms with van der Waals surface area (Å²) >= 11 is 0. The normalized spacial score (nSPS) is 42.6. The van der Waals surface area contributed by atoms with E-state index in [4.69, 9.17) is 4.74 Å². The first-order chi connectivity index (χ1) is 6.52. The summed E-state index contributed by atoms with van der Waals surface area (Å²) < 4.78 is 6.05. The predicted octanol–water partition coefficient (Wildman–Crippen LogP) is 2.19. The maximum absolute atomic E-state index is 6.05. The summed E-state index contributed by atoms with van der Waals surface area (Å²) in [5.74, 6) is 0.804. The summed E-state index contributed by atoms with van der Waals surface area (Å²) in [4.78, 5) is 0. The van der Waals surface area contributed by atoms with Crippen molar-refractivity contribution in [2.24, 2.45) is 11.3 Å². The summed E-state index contributed by atoms with van der Waals surface area (Å²) in [7, 11) is 0. The second-order valence-corrected chi connectivity index (χ2v) is 6.06. The molecule has 1 aliphatic carbocycles. The van der Waals surface area contributed by atoms with Crippen LogP contribution in [-0.4, -0.2) is 25.3 Å². The van der Waals surface area contributed by atoms with Crippen molar-refractivity contribution in [1.29, 1.82) is 0 Å². The molecule has 0 aromatic rings. The molecule has 0 aromatic carbocycles. The molecule has 2 atom stereocenters. The van der Waals surface area contributed by atoms with Gasteiger partial charge in [-0.2, -0.15) is 0 Å². The van der Waals surface area contributed by atoms with E-state index in [1.165, 1.54) is 19.3 Å². The molecule has 0 bridgehead atoms. The third kappa shape index (κ3) is 2.12. The Morgan fingerprint density at radius 2 is 2.07 bits per heavy atom. The third-order valence-electron chi connectivity index (χ3n) is 3.56. The Hall–Kier alpha value is -0.0800.